The van der Waals surface area contributed by atoms with Gasteiger partial charge >= 0.3 is 0 Å². The van der Waals surface area contributed by atoms with E-state index in [1.165, 1.54) is 4.31 Å². The lowest BCUT2D eigenvalue weighted by atomic mass is 10.1. The highest BCUT2D eigenvalue weighted by Gasteiger charge is 2.28. The molecule has 1 fully saturated rings. The molecule has 5 rings (SSSR count). The number of allylic oxidation sites excluding steroid dienone is 1. The number of halogens is 1. The van der Waals surface area contributed by atoms with Gasteiger partial charge in [0.2, 0.25) is 10.0 Å². The largest absolute Gasteiger partial charge is 0.493 e. The van der Waals surface area contributed by atoms with E-state index in [0.717, 1.165) is 21.3 Å². The van der Waals surface area contributed by atoms with Crippen LogP contribution < -0.4 is 14.4 Å². The molecule has 0 atom stereocenters. The molecule has 0 aromatic heterocycles. The molecule has 0 spiro atoms. The first-order valence-electron chi connectivity index (χ1n) is 13.5. The Morgan fingerprint density at radius 2 is 1.55 bits per heavy atom. The third-order valence-electron chi connectivity index (χ3n) is 7.06. The van der Waals surface area contributed by atoms with Crippen molar-refractivity contribution >= 4 is 43.5 Å². The van der Waals surface area contributed by atoms with Gasteiger partial charge in [-0.1, -0.05) is 58.4 Å². The van der Waals surface area contributed by atoms with Gasteiger partial charge in [0.15, 0.2) is 17.3 Å². The van der Waals surface area contributed by atoms with E-state index in [1.807, 2.05) is 60.7 Å². The lowest BCUT2D eigenvalue weighted by Crippen LogP contribution is -2.48. The summed E-state index contributed by atoms with van der Waals surface area (Å²) in [5.41, 5.74) is 3.40. The van der Waals surface area contributed by atoms with Crippen molar-refractivity contribution in [2.24, 2.45) is 0 Å². The van der Waals surface area contributed by atoms with Gasteiger partial charge in [0, 0.05) is 41.9 Å². The Bertz CT molecular complexity index is 1650. The minimum Gasteiger partial charge on any atom is -0.493 e. The summed E-state index contributed by atoms with van der Waals surface area (Å²) in [6.45, 7) is 2.34. The lowest BCUT2D eigenvalue weighted by Gasteiger charge is -2.35. The summed E-state index contributed by atoms with van der Waals surface area (Å²) in [5.74, 6) is 1.11. The fourth-order valence-corrected chi connectivity index (χ4v) is 6.38. The molecule has 1 heterocycles. The summed E-state index contributed by atoms with van der Waals surface area (Å²) in [6.07, 6.45) is 3.30. The molecule has 42 heavy (non-hydrogen) atoms. The van der Waals surface area contributed by atoms with Crippen molar-refractivity contribution in [1.29, 1.82) is 0 Å². The van der Waals surface area contributed by atoms with Gasteiger partial charge in [-0.25, -0.2) is 8.42 Å². The van der Waals surface area contributed by atoms with Crippen molar-refractivity contribution in [2.75, 3.05) is 38.2 Å². The van der Waals surface area contributed by atoms with Crippen molar-refractivity contribution in [2.45, 2.75) is 11.5 Å². The summed E-state index contributed by atoms with van der Waals surface area (Å²) in [5, 5.41) is 0. The Hall–Kier alpha value is -3.92. The number of benzene rings is 4. The van der Waals surface area contributed by atoms with Crippen molar-refractivity contribution in [3.8, 4) is 11.5 Å². The van der Waals surface area contributed by atoms with E-state index in [1.54, 1.807) is 55.7 Å². The van der Waals surface area contributed by atoms with Crippen LogP contribution in [0.1, 0.15) is 21.5 Å². The maximum Gasteiger partial charge on any atom is 0.243 e. The maximum absolute atomic E-state index is 13.0. The second-order valence-electron chi connectivity index (χ2n) is 9.77. The molecule has 0 radical (unpaired) electrons. The van der Waals surface area contributed by atoms with Crippen molar-refractivity contribution in [3.63, 3.8) is 0 Å². The number of sulfonamides is 1. The quantitative estimate of drug-likeness (QED) is 0.146. The van der Waals surface area contributed by atoms with E-state index in [9.17, 15) is 13.2 Å². The number of rotatable bonds is 10. The van der Waals surface area contributed by atoms with Crippen LogP contribution in [0.3, 0.4) is 0 Å². The summed E-state index contributed by atoms with van der Waals surface area (Å²) < 4.78 is 39.8. The molecule has 0 saturated carbocycles. The molecule has 0 aliphatic carbocycles. The van der Waals surface area contributed by atoms with Crippen molar-refractivity contribution in [1.82, 2.24) is 4.31 Å². The molecule has 1 saturated heterocycles. The minimum atomic E-state index is -3.53. The van der Waals surface area contributed by atoms with Gasteiger partial charge in [-0.2, -0.15) is 4.31 Å². The maximum atomic E-state index is 13.0. The highest BCUT2D eigenvalue weighted by Crippen LogP contribution is 2.29. The van der Waals surface area contributed by atoms with Crippen LogP contribution >= 0.6 is 15.9 Å². The molecule has 4 aromatic rings. The highest BCUT2D eigenvalue weighted by molar-refractivity contribution is 9.10. The first-order valence-corrected chi connectivity index (χ1v) is 15.7. The number of carbonyl (C=O) groups is 1. The normalized spacial score (nSPS) is 14.2. The van der Waals surface area contributed by atoms with Crippen molar-refractivity contribution in [3.05, 3.63) is 124 Å². The zero-order chi connectivity index (χ0) is 29.5. The van der Waals surface area contributed by atoms with Gasteiger partial charge in [-0.05, 0) is 77.9 Å². The third-order valence-corrected chi connectivity index (χ3v) is 9.50. The molecule has 0 bridgehead atoms. The summed E-state index contributed by atoms with van der Waals surface area (Å²) in [4.78, 5) is 15.3. The Labute approximate surface area is 255 Å². The average molecular weight is 648 g/mol. The number of carbonyl (C=O) groups excluding carboxylic acids is 1. The van der Waals surface area contributed by atoms with Gasteiger partial charge < -0.3 is 14.4 Å². The number of ketones is 1. The molecule has 216 valence electrons. The van der Waals surface area contributed by atoms with Gasteiger partial charge in [-0.3, -0.25) is 4.79 Å². The summed E-state index contributed by atoms with van der Waals surface area (Å²) in [6, 6.07) is 29.6. The molecular weight excluding hydrogens is 616 g/mol. The standard InChI is InChI=1S/C33H31BrN2O5S/c1-40-33-23-25(8-18-32(33)41-24-26-5-3-2-4-6-26)7-17-31(37)27-9-13-29(14-10-27)35-19-21-36(22-20-35)42(38,39)30-15-11-28(34)12-16-30/h2-18,23H,19-22,24H2,1H3. The molecular formula is C33H31BrN2O5S. The SMILES string of the molecule is COc1cc(C=CC(=O)c2ccc(N3CCN(S(=O)(=O)c4ccc(Br)cc4)CC3)cc2)ccc1OCc1ccccc1. The van der Waals surface area contributed by atoms with Crippen LogP contribution in [0.5, 0.6) is 11.5 Å². The summed E-state index contributed by atoms with van der Waals surface area (Å²) in [7, 11) is -1.95. The van der Waals surface area contributed by atoms with Crippen LogP contribution in [0.25, 0.3) is 6.08 Å². The van der Waals surface area contributed by atoms with Crippen LogP contribution in [-0.4, -0.2) is 51.8 Å². The number of hydrogen-bond donors (Lipinski definition) is 0. The van der Waals surface area contributed by atoms with E-state index in [2.05, 4.69) is 20.8 Å². The fourth-order valence-electron chi connectivity index (χ4n) is 4.69. The first kappa shape index (κ1) is 29.6. The third kappa shape index (κ3) is 7.10. The second-order valence-corrected chi connectivity index (χ2v) is 12.6. The molecule has 1 aliphatic heterocycles. The molecule has 7 nitrogen and oxygen atoms in total. The van der Waals surface area contributed by atoms with Crippen LogP contribution in [0.15, 0.2) is 113 Å². The zero-order valence-corrected chi connectivity index (χ0v) is 25.6. The highest BCUT2D eigenvalue weighted by atomic mass is 79.9. The number of piperazine rings is 1. The molecule has 1 aliphatic rings. The first-order chi connectivity index (χ1) is 20.3. The topological polar surface area (TPSA) is 76.2 Å². The molecule has 0 unspecified atom stereocenters. The Morgan fingerprint density at radius 1 is 0.857 bits per heavy atom. The number of anilines is 1. The Balaban J connectivity index is 1.17. The molecule has 0 N–H and O–H groups in total. The van der Waals surface area contributed by atoms with E-state index >= 15 is 0 Å². The van der Waals surface area contributed by atoms with Gasteiger partial charge in [0.1, 0.15) is 6.61 Å². The van der Waals surface area contributed by atoms with E-state index in [4.69, 9.17) is 9.47 Å². The lowest BCUT2D eigenvalue weighted by molar-refractivity contribution is 0.104. The van der Waals surface area contributed by atoms with Gasteiger partial charge in [0.25, 0.3) is 0 Å². The van der Waals surface area contributed by atoms with Crippen LogP contribution in [0.4, 0.5) is 5.69 Å². The number of ether oxygens (including phenoxy) is 2. The predicted molar refractivity (Wildman–Crippen MR) is 169 cm³/mol. The minimum absolute atomic E-state index is 0.115. The Morgan fingerprint density at radius 3 is 2.21 bits per heavy atom. The van der Waals surface area contributed by atoms with Crippen LogP contribution in [0.2, 0.25) is 0 Å². The predicted octanol–water partition coefficient (Wildman–Crippen LogP) is 6.44. The van der Waals surface area contributed by atoms with Crippen LogP contribution in [-0.2, 0) is 16.6 Å². The Kier molecular flexibility index (Phi) is 9.41. The van der Waals surface area contributed by atoms with Crippen molar-refractivity contribution < 1.29 is 22.7 Å². The number of hydrogen-bond acceptors (Lipinski definition) is 6. The average Bonchev–Trinajstić information content (AvgIpc) is 3.03. The van der Waals surface area contributed by atoms with E-state index < -0.39 is 10.0 Å². The zero-order valence-electron chi connectivity index (χ0n) is 23.1. The van der Waals surface area contributed by atoms with Crippen LogP contribution in [0, 0.1) is 0 Å². The monoisotopic (exact) mass is 646 g/mol. The van der Waals surface area contributed by atoms with Gasteiger partial charge in [0.05, 0.1) is 12.0 Å². The van der Waals surface area contributed by atoms with E-state index in [0.29, 0.717) is 54.7 Å². The fraction of sp³-hybridized carbons (Fsp3) is 0.182. The smallest absolute Gasteiger partial charge is 0.243 e. The number of methoxy groups -OCH3 is 1. The molecule has 9 heteroatoms. The number of nitrogens with zero attached hydrogens (tertiary/aromatic N) is 2. The van der Waals surface area contributed by atoms with E-state index in [-0.39, 0.29) is 5.78 Å². The van der Waals surface area contributed by atoms with Gasteiger partial charge in [-0.15, -0.1) is 0 Å². The molecule has 4 aromatic carbocycles. The summed E-state index contributed by atoms with van der Waals surface area (Å²) >= 11 is 3.35. The second kappa shape index (κ2) is 13.4. The molecule has 0 amide bonds.